The summed E-state index contributed by atoms with van der Waals surface area (Å²) < 4.78 is 5.66. The fourth-order valence-corrected chi connectivity index (χ4v) is 2.65. The van der Waals surface area contributed by atoms with Crippen LogP contribution in [-0.2, 0) is 6.61 Å². The molecule has 0 bridgehead atoms. The maximum absolute atomic E-state index is 10.4. The Morgan fingerprint density at radius 2 is 1.94 bits per heavy atom. The highest BCUT2D eigenvalue weighted by molar-refractivity contribution is 6.32. The molecule has 18 heavy (non-hydrogen) atoms. The van der Waals surface area contributed by atoms with Gasteiger partial charge in [0.15, 0.2) is 0 Å². The van der Waals surface area contributed by atoms with Gasteiger partial charge in [0.05, 0.1) is 17.2 Å². The first-order valence-corrected chi connectivity index (χ1v) is 6.76. The number of rotatable bonds is 4. The van der Waals surface area contributed by atoms with Crippen LogP contribution in [0.3, 0.4) is 0 Å². The number of benzene rings is 1. The third-order valence-corrected chi connectivity index (χ3v) is 3.79. The number of halogens is 1. The summed E-state index contributed by atoms with van der Waals surface area (Å²) in [5.74, 6) is 0.487. The van der Waals surface area contributed by atoms with Crippen LogP contribution in [0.1, 0.15) is 37.7 Å². The zero-order chi connectivity index (χ0) is 13.0. The van der Waals surface area contributed by atoms with Gasteiger partial charge in [-0.2, -0.15) is 0 Å². The van der Waals surface area contributed by atoms with Crippen LogP contribution in [0, 0.1) is 0 Å². The molecule has 0 saturated heterocycles. The number of ether oxygens (including phenoxy) is 1. The highest BCUT2D eigenvalue weighted by atomic mass is 35.5. The van der Waals surface area contributed by atoms with E-state index in [9.17, 15) is 10.2 Å². The molecule has 1 saturated carbocycles. The van der Waals surface area contributed by atoms with Crippen molar-refractivity contribution in [1.29, 1.82) is 0 Å². The number of aliphatic hydroxyl groups is 2. The van der Waals surface area contributed by atoms with E-state index in [1.165, 1.54) is 6.42 Å². The zero-order valence-corrected chi connectivity index (χ0v) is 11.1. The van der Waals surface area contributed by atoms with Gasteiger partial charge in [-0.05, 0) is 18.9 Å². The maximum Gasteiger partial charge on any atom is 0.143 e. The van der Waals surface area contributed by atoms with E-state index in [0.717, 1.165) is 25.7 Å². The van der Waals surface area contributed by atoms with Crippen molar-refractivity contribution in [2.24, 2.45) is 0 Å². The minimum atomic E-state index is -0.746. The molecule has 0 unspecified atom stereocenters. The molecule has 0 heterocycles. The van der Waals surface area contributed by atoms with Crippen molar-refractivity contribution < 1.29 is 14.9 Å². The summed E-state index contributed by atoms with van der Waals surface area (Å²) in [5.41, 5.74) is -0.0913. The summed E-state index contributed by atoms with van der Waals surface area (Å²) in [6.07, 6.45) is 4.79. The normalized spacial score (nSPS) is 18.6. The Bertz CT molecular complexity index is 400. The van der Waals surface area contributed by atoms with Gasteiger partial charge >= 0.3 is 0 Å². The molecule has 1 aromatic rings. The van der Waals surface area contributed by atoms with Crippen molar-refractivity contribution >= 4 is 11.6 Å². The quantitative estimate of drug-likeness (QED) is 0.884. The lowest BCUT2D eigenvalue weighted by molar-refractivity contribution is -0.0342. The predicted octanol–water partition coefficient (Wildman–Crippen LogP) is 2.91. The van der Waals surface area contributed by atoms with Gasteiger partial charge in [0, 0.05) is 5.56 Å². The van der Waals surface area contributed by atoms with Gasteiger partial charge in [-0.1, -0.05) is 43.0 Å². The van der Waals surface area contributed by atoms with Gasteiger partial charge < -0.3 is 14.9 Å². The second-order valence-corrected chi connectivity index (χ2v) is 5.37. The Kier molecular flexibility index (Phi) is 4.49. The standard InChI is InChI=1S/C14H19ClO3/c15-12-6-4-5-11(9-16)13(12)18-10-14(17)7-2-1-3-8-14/h4-6,16-17H,1-3,7-10H2. The second kappa shape index (κ2) is 5.91. The van der Waals surface area contributed by atoms with Crippen molar-refractivity contribution in [1.82, 2.24) is 0 Å². The Morgan fingerprint density at radius 3 is 2.61 bits per heavy atom. The average Bonchev–Trinajstić information content (AvgIpc) is 2.38. The monoisotopic (exact) mass is 270 g/mol. The van der Waals surface area contributed by atoms with E-state index in [0.29, 0.717) is 16.3 Å². The molecule has 1 aliphatic carbocycles. The maximum atomic E-state index is 10.4. The first kappa shape index (κ1) is 13.7. The van der Waals surface area contributed by atoms with Crippen molar-refractivity contribution in [3.05, 3.63) is 28.8 Å². The van der Waals surface area contributed by atoms with Gasteiger partial charge in [-0.25, -0.2) is 0 Å². The summed E-state index contributed by atoms with van der Waals surface area (Å²) in [7, 11) is 0. The third kappa shape index (κ3) is 3.16. The molecule has 0 atom stereocenters. The first-order valence-electron chi connectivity index (χ1n) is 6.38. The third-order valence-electron chi connectivity index (χ3n) is 3.49. The molecule has 0 spiro atoms. The van der Waals surface area contributed by atoms with E-state index in [-0.39, 0.29) is 13.2 Å². The van der Waals surface area contributed by atoms with Crippen molar-refractivity contribution in [3.63, 3.8) is 0 Å². The highest BCUT2D eigenvalue weighted by Gasteiger charge is 2.30. The smallest absolute Gasteiger partial charge is 0.143 e. The fourth-order valence-electron chi connectivity index (χ4n) is 2.40. The lowest BCUT2D eigenvalue weighted by atomic mass is 9.85. The molecular weight excluding hydrogens is 252 g/mol. The van der Waals surface area contributed by atoms with Gasteiger partial charge in [0.1, 0.15) is 12.4 Å². The molecule has 1 aliphatic rings. The summed E-state index contributed by atoms with van der Waals surface area (Å²) >= 11 is 6.05. The molecule has 1 fully saturated rings. The van der Waals surface area contributed by atoms with Crippen LogP contribution in [0.25, 0.3) is 0 Å². The Morgan fingerprint density at radius 1 is 1.22 bits per heavy atom. The van der Waals surface area contributed by atoms with Gasteiger partial charge in [-0.15, -0.1) is 0 Å². The second-order valence-electron chi connectivity index (χ2n) is 4.96. The molecule has 0 amide bonds. The van der Waals surface area contributed by atoms with Crippen LogP contribution in [0.5, 0.6) is 5.75 Å². The van der Waals surface area contributed by atoms with Crippen molar-refractivity contribution in [2.45, 2.75) is 44.3 Å². The molecule has 3 nitrogen and oxygen atoms in total. The van der Waals surface area contributed by atoms with E-state index in [1.54, 1.807) is 18.2 Å². The zero-order valence-electron chi connectivity index (χ0n) is 10.4. The van der Waals surface area contributed by atoms with E-state index < -0.39 is 5.60 Å². The lowest BCUT2D eigenvalue weighted by Crippen LogP contribution is -2.38. The van der Waals surface area contributed by atoms with Crippen LogP contribution < -0.4 is 4.74 Å². The summed E-state index contributed by atoms with van der Waals surface area (Å²) in [6.45, 7) is 0.123. The predicted molar refractivity (Wildman–Crippen MR) is 70.9 cm³/mol. The Balaban J connectivity index is 2.05. The minimum Gasteiger partial charge on any atom is -0.489 e. The van der Waals surface area contributed by atoms with Crippen molar-refractivity contribution in [2.75, 3.05) is 6.61 Å². The van der Waals surface area contributed by atoms with Crippen LogP contribution in [0.4, 0.5) is 0 Å². The van der Waals surface area contributed by atoms with Crippen LogP contribution >= 0.6 is 11.6 Å². The molecule has 100 valence electrons. The summed E-state index contributed by atoms with van der Waals surface area (Å²) in [6, 6.07) is 5.27. The van der Waals surface area contributed by atoms with E-state index in [1.807, 2.05) is 0 Å². The molecule has 0 aromatic heterocycles. The molecular formula is C14H19ClO3. The Labute approximate surface area is 112 Å². The van der Waals surface area contributed by atoms with Crippen molar-refractivity contribution in [3.8, 4) is 5.75 Å². The molecule has 0 aliphatic heterocycles. The summed E-state index contributed by atoms with van der Waals surface area (Å²) in [4.78, 5) is 0. The largest absolute Gasteiger partial charge is 0.489 e. The molecule has 1 aromatic carbocycles. The minimum absolute atomic E-state index is 0.117. The topological polar surface area (TPSA) is 49.7 Å². The van der Waals surface area contributed by atoms with Crippen LogP contribution in [0.15, 0.2) is 18.2 Å². The van der Waals surface area contributed by atoms with E-state index >= 15 is 0 Å². The highest BCUT2D eigenvalue weighted by Crippen LogP contribution is 2.32. The number of para-hydroxylation sites is 1. The van der Waals surface area contributed by atoms with Crippen LogP contribution in [0.2, 0.25) is 5.02 Å². The number of aliphatic hydroxyl groups excluding tert-OH is 1. The van der Waals surface area contributed by atoms with Gasteiger partial charge in [0.25, 0.3) is 0 Å². The molecule has 2 N–H and O–H groups in total. The first-order chi connectivity index (χ1) is 8.64. The van der Waals surface area contributed by atoms with Crippen LogP contribution in [-0.4, -0.2) is 22.4 Å². The van der Waals surface area contributed by atoms with Gasteiger partial charge in [0.2, 0.25) is 0 Å². The molecule has 4 heteroatoms. The van der Waals surface area contributed by atoms with E-state index in [2.05, 4.69) is 0 Å². The molecule has 2 rings (SSSR count). The number of hydrogen-bond acceptors (Lipinski definition) is 3. The average molecular weight is 271 g/mol. The lowest BCUT2D eigenvalue weighted by Gasteiger charge is -2.32. The Hall–Kier alpha value is -0.770. The van der Waals surface area contributed by atoms with E-state index in [4.69, 9.17) is 16.3 Å². The molecule has 0 radical (unpaired) electrons. The number of hydrogen-bond donors (Lipinski definition) is 2. The fraction of sp³-hybridized carbons (Fsp3) is 0.571. The summed E-state index contributed by atoms with van der Waals surface area (Å²) in [5, 5.41) is 20.1. The SMILES string of the molecule is OCc1cccc(Cl)c1OCC1(O)CCCCC1. The van der Waals surface area contributed by atoms with Gasteiger partial charge in [-0.3, -0.25) is 0 Å².